The Balaban J connectivity index is 1.20. The minimum atomic E-state index is -0.883. The number of ether oxygens (including phenoxy) is 2. The highest BCUT2D eigenvalue weighted by molar-refractivity contribution is 5.97. The Hall–Kier alpha value is -3.18. The molecule has 7 heterocycles. The lowest BCUT2D eigenvalue weighted by atomic mass is 9.95. The van der Waals surface area contributed by atoms with Crippen molar-refractivity contribution in [3.8, 4) is 23.1 Å². The summed E-state index contributed by atoms with van der Waals surface area (Å²) in [5.41, 5.74) is 0.631. The van der Waals surface area contributed by atoms with E-state index < -0.39 is 12.0 Å². The van der Waals surface area contributed by atoms with Crippen LogP contribution in [0.1, 0.15) is 56.4 Å². The highest BCUT2D eigenvalue weighted by atomic mass is 19.1. The number of rotatable bonds is 5. The maximum atomic E-state index is 16.7. The molecule has 2 bridgehead atoms. The summed E-state index contributed by atoms with van der Waals surface area (Å²) in [6.45, 7) is 2.57. The lowest BCUT2D eigenvalue weighted by molar-refractivity contribution is 0.107. The van der Waals surface area contributed by atoms with E-state index in [-0.39, 0.29) is 59.1 Å². The molecule has 8 nitrogen and oxygen atoms in total. The first-order valence-electron chi connectivity index (χ1n) is 15.3. The number of alkyl halides is 1. The van der Waals surface area contributed by atoms with Crippen molar-refractivity contribution in [1.82, 2.24) is 25.2 Å². The van der Waals surface area contributed by atoms with Crippen LogP contribution in [0.25, 0.3) is 22.2 Å². The molecule has 0 radical (unpaired) electrons. The quantitative estimate of drug-likeness (QED) is 0.475. The van der Waals surface area contributed by atoms with Crippen molar-refractivity contribution in [2.45, 2.75) is 80.7 Å². The molecule has 9 rings (SSSR count). The Labute approximate surface area is 241 Å². The molecule has 4 saturated heterocycles. The molecule has 11 heteroatoms. The van der Waals surface area contributed by atoms with E-state index in [1.807, 2.05) is 0 Å². The lowest BCUT2D eigenvalue weighted by Gasteiger charge is -2.40. The molecule has 1 aromatic carbocycles. The van der Waals surface area contributed by atoms with Gasteiger partial charge in [-0.1, -0.05) is 12.1 Å². The summed E-state index contributed by atoms with van der Waals surface area (Å²) in [5, 5.41) is 4.11. The molecule has 3 aromatic rings. The van der Waals surface area contributed by atoms with Crippen molar-refractivity contribution in [3.63, 3.8) is 0 Å². The van der Waals surface area contributed by atoms with Gasteiger partial charge in [0.1, 0.15) is 47.6 Å². The number of benzene rings is 1. The Kier molecular flexibility index (Phi) is 5.52. The summed E-state index contributed by atoms with van der Waals surface area (Å²) < 4.78 is 58.8. The van der Waals surface area contributed by atoms with Crippen LogP contribution in [0, 0.1) is 11.6 Å². The monoisotopic (exact) mass is 578 g/mol. The third kappa shape index (κ3) is 3.78. The van der Waals surface area contributed by atoms with Crippen LogP contribution in [0.4, 0.5) is 19.0 Å². The van der Waals surface area contributed by atoms with Gasteiger partial charge in [0.15, 0.2) is 5.82 Å². The van der Waals surface area contributed by atoms with Crippen LogP contribution in [0.3, 0.4) is 0 Å². The summed E-state index contributed by atoms with van der Waals surface area (Å²) in [6, 6.07) is 5.31. The molecular weight excluding hydrogens is 545 g/mol. The van der Waals surface area contributed by atoms with E-state index in [0.717, 1.165) is 45.1 Å². The molecule has 6 aliphatic rings. The van der Waals surface area contributed by atoms with Crippen molar-refractivity contribution in [2.24, 2.45) is 0 Å². The predicted molar refractivity (Wildman–Crippen MR) is 150 cm³/mol. The van der Waals surface area contributed by atoms with E-state index in [2.05, 4.69) is 20.1 Å². The Morgan fingerprint density at radius 1 is 1.10 bits per heavy atom. The molecule has 1 N–H and O–H groups in total. The van der Waals surface area contributed by atoms with Crippen LogP contribution in [-0.4, -0.2) is 82.5 Å². The number of nitrogens with one attached hydrogen (secondary N) is 1. The molecule has 0 amide bonds. The van der Waals surface area contributed by atoms with Gasteiger partial charge < -0.3 is 19.7 Å². The van der Waals surface area contributed by atoms with Crippen LogP contribution in [0.15, 0.2) is 18.2 Å². The van der Waals surface area contributed by atoms with Gasteiger partial charge in [-0.15, -0.1) is 0 Å². The fourth-order valence-corrected chi connectivity index (χ4v) is 8.34. The molecule has 1 aliphatic carbocycles. The molecule has 220 valence electrons. The SMILES string of the molecule is Fc1cccc(-c2nc3c4c(nc(OC[C@@]56CCCN5C[C@H](F)C6)nc4c2F)N2CC4CCC(N4)C2CO3)c1C1CC1. The number of halogens is 3. The standard InChI is InChI=1S/C31H33F3N6O2/c32-17-11-31(9-2-10-39(31)12-17)15-42-30-37-27-24-28(38-30)40-13-18-7-8-21(35-18)22(40)14-41-29(24)36-26(25(27)34)19-3-1-4-20(33)23(19)16-5-6-16/h1,3-4,16-18,21-22,35H,2,5-15H2/t17-,18?,21?,22?,31+/m1/s1. The zero-order valence-electron chi connectivity index (χ0n) is 23.3. The number of anilines is 1. The third-order valence-electron chi connectivity index (χ3n) is 10.5. The van der Waals surface area contributed by atoms with Gasteiger partial charge in [-0.05, 0) is 57.1 Å². The number of pyridine rings is 1. The summed E-state index contributed by atoms with van der Waals surface area (Å²) in [6.07, 6.45) is 5.18. The van der Waals surface area contributed by atoms with Crippen molar-refractivity contribution in [3.05, 3.63) is 35.4 Å². The summed E-state index contributed by atoms with van der Waals surface area (Å²) >= 11 is 0. The molecule has 0 spiro atoms. The van der Waals surface area contributed by atoms with Gasteiger partial charge in [0.25, 0.3) is 0 Å². The number of hydrogen-bond acceptors (Lipinski definition) is 8. The van der Waals surface area contributed by atoms with Crippen LogP contribution in [0.2, 0.25) is 0 Å². The van der Waals surface area contributed by atoms with Gasteiger partial charge in [0.2, 0.25) is 5.88 Å². The van der Waals surface area contributed by atoms with Gasteiger partial charge in [-0.3, -0.25) is 4.90 Å². The number of aromatic nitrogens is 3. The fraction of sp³-hybridized carbons (Fsp3) is 0.581. The molecule has 1 saturated carbocycles. The molecule has 5 fully saturated rings. The topological polar surface area (TPSA) is 75.6 Å². The van der Waals surface area contributed by atoms with Gasteiger partial charge in [-0.2, -0.15) is 9.97 Å². The minimum Gasteiger partial charge on any atom is -0.475 e. The maximum absolute atomic E-state index is 16.7. The van der Waals surface area contributed by atoms with Gasteiger partial charge in [0.05, 0.1) is 11.6 Å². The number of hydrogen-bond donors (Lipinski definition) is 1. The first-order chi connectivity index (χ1) is 20.5. The van der Waals surface area contributed by atoms with Crippen LogP contribution >= 0.6 is 0 Å². The third-order valence-corrected chi connectivity index (χ3v) is 10.5. The minimum absolute atomic E-state index is 0.0161. The highest BCUT2D eigenvalue weighted by Gasteiger charge is 2.50. The molecule has 5 aliphatic heterocycles. The van der Waals surface area contributed by atoms with E-state index in [4.69, 9.17) is 19.4 Å². The Bertz CT molecular complexity index is 1600. The number of nitrogens with zero attached hydrogens (tertiary/aromatic N) is 5. The fourth-order valence-electron chi connectivity index (χ4n) is 8.34. The summed E-state index contributed by atoms with van der Waals surface area (Å²) in [4.78, 5) is 18.6. The van der Waals surface area contributed by atoms with E-state index in [9.17, 15) is 4.39 Å². The van der Waals surface area contributed by atoms with Crippen molar-refractivity contribution >= 4 is 16.7 Å². The molecule has 2 aromatic heterocycles. The first-order valence-corrected chi connectivity index (χ1v) is 15.3. The van der Waals surface area contributed by atoms with Gasteiger partial charge in [0, 0.05) is 42.7 Å². The number of fused-ring (bicyclic) bond motifs is 6. The van der Waals surface area contributed by atoms with E-state index in [0.29, 0.717) is 54.5 Å². The zero-order chi connectivity index (χ0) is 28.2. The average molecular weight is 579 g/mol. The van der Waals surface area contributed by atoms with E-state index >= 15 is 8.78 Å². The molecule has 3 unspecified atom stereocenters. The van der Waals surface area contributed by atoms with Crippen LogP contribution in [0.5, 0.6) is 11.9 Å². The van der Waals surface area contributed by atoms with Crippen molar-refractivity contribution < 1.29 is 22.6 Å². The smallest absolute Gasteiger partial charge is 0.319 e. The second-order valence-corrected chi connectivity index (χ2v) is 13.1. The second kappa shape index (κ2) is 9.16. The van der Waals surface area contributed by atoms with Crippen molar-refractivity contribution in [1.29, 1.82) is 0 Å². The predicted octanol–water partition coefficient (Wildman–Crippen LogP) is 4.50. The average Bonchev–Trinajstić information content (AvgIpc) is 3.57. The van der Waals surface area contributed by atoms with E-state index in [1.54, 1.807) is 12.1 Å². The van der Waals surface area contributed by atoms with Crippen LogP contribution < -0.4 is 19.7 Å². The Morgan fingerprint density at radius 3 is 2.88 bits per heavy atom. The van der Waals surface area contributed by atoms with Gasteiger partial charge >= 0.3 is 6.01 Å². The summed E-state index contributed by atoms with van der Waals surface area (Å²) in [5.74, 6) is -0.122. The second-order valence-electron chi connectivity index (χ2n) is 13.1. The van der Waals surface area contributed by atoms with Gasteiger partial charge in [-0.25, -0.2) is 18.2 Å². The molecule has 5 atom stereocenters. The summed E-state index contributed by atoms with van der Waals surface area (Å²) in [7, 11) is 0. The van der Waals surface area contributed by atoms with Crippen LogP contribution in [-0.2, 0) is 0 Å². The highest BCUT2D eigenvalue weighted by Crippen LogP contribution is 2.48. The molecular formula is C31H33F3N6O2. The maximum Gasteiger partial charge on any atom is 0.319 e. The largest absolute Gasteiger partial charge is 0.475 e. The Morgan fingerprint density at radius 2 is 2.00 bits per heavy atom. The van der Waals surface area contributed by atoms with Crippen molar-refractivity contribution in [2.75, 3.05) is 37.7 Å². The zero-order valence-corrected chi connectivity index (χ0v) is 23.3. The van der Waals surface area contributed by atoms with E-state index in [1.165, 1.54) is 6.07 Å². The normalized spacial score (nSPS) is 31.6. The lowest BCUT2D eigenvalue weighted by Crippen LogP contribution is -2.60. The number of piperazine rings is 1. The first kappa shape index (κ1) is 25.3. The molecule has 42 heavy (non-hydrogen) atoms.